The lowest BCUT2D eigenvalue weighted by atomic mass is 10.0. The highest BCUT2D eigenvalue weighted by atomic mass is 79.9. The summed E-state index contributed by atoms with van der Waals surface area (Å²) in [6.07, 6.45) is 6.96. The molecule has 21 heavy (non-hydrogen) atoms. The molecule has 0 spiro atoms. The largest absolute Gasteiger partial charge is 0.396 e. The van der Waals surface area contributed by atoms with E-state index < -0.39 is 15.8 Å². The van der Waals surface area contributed by atoms with E-state index in [9.17, 15) is 12.8 Å². The lowest BCUT2D eigenvalue weighted by Gasteiger charge is -2.11. The SMILES string of the molecule is Nc1cc(S(=O)(=O)NCCCC2CCCC2)c(Br)cc1F. The average molecular weight is 379 g/mol. The van der Waals surface area contributed by atoms with E-state index in [1.54, 1.807) is 0 Å². The Morgan fingerprint density at radius 1 is 1.33 bits per heavy atom. The van der Waals surface area contributed by atoms with Crippen molar-refractivity contribution in [3.8, 4) is 0 Å². The topological polar surface area (TPSA) is 72.2 Å². The zero-order valence-electron chi connectivity index (χ0n) is 11.7. The summed E-state index contributed by atoms with van der Waals surface area (Å²) in [6.45, 7) is 0.391. The molecule has 0 aromatic heterocycles. The van der Waals surface area contributed by atoms with Crippen LogP contribution < -0.4 is 10.5 Å². The van der Waals surface area contributed by atoms with Crippen LogP contribution in [0.15, 0.2) is 21.5 Å². The quantitative estimate of drug-likeness (QED) is 0.588. The predicted molar refractivity (Wildman–Crippen MR) is 84.9 cm³/mol. The third-order valence-corrected chi connectivity index (χ3v) is 6.32. The van der Waals surface area contributed by atoms with Gasteiger partial charge in [0.25, 0.3) is 0 Å². The van der Waals surface area contributed by atoms with Crippen molar-refractivity contribution in [3.05, 3.63) is 22.4 Å². The van der Waals surface area contributed by atoms with Gasteiger partial charge in [-0.15, -0.1) is 0 Å². The molecule has 0 atom stereocenters. The van der Waals surface area contributed by atoms with Crippen LogP contribution in [-0.2, 0) is 10.0 Å². The molecule has 0 saturated heterocycles. The van der Waals surface area contributed by atoms with Gasteiger partial charge in [0.15, 0.2) is 0 Å². The van der Waals surface area contributed by atoms with Gasteiger partial charge in [-0.05, 0) is 46.8 Å². The van der Waals surface area contributed by atoms with Crippen molar-refractivity contribution < 1.29 is 12.8 Å². The van der Waals surface area contributed by atoms with Crippen LogP contribution in [0.1, 0.15) is 38.5 Å². The molecule has 1 aliphatic carbocycles. The molecule has 0 unspecified atom stereocenters. The maximum absolute atomic E-state index is 13.3. The predicted octanol–water partition coefficient (Wildman–Crippen LogP) is 3.42. The third-order valence-electron chi connectivity index (χ3n) is 3.90. The van der Waals surface area contributed by atoms with Crippen LogP contribution in [0, 0.1) is 11.7 Å². The number of nitrogens with one attached hydrogen (secondary N) is 1. The molecule has 0 aliphatic heterocycles. The molecule has 2 rings (SSSR count). The number of benzene rings is 1. The van der Waals surface area contributed by atoms with Crippen molar-refractivity contribution >= 4 is 31.6 Å². The van der Waals surface area contributed by atoms with Crippen LogP contribution in [0.25, 0.3) is 0 Å². The summed E-state index contributed by atoms with van der Waals surface area (Å²) in [7, 11) is -3.67. The lowest BCUT2D eigenvalue weighted by Crippen LogP contribution is -2.25. The molecule has 0 heterocycles. The highest BCUT2D eigenvalue weighted by molar-refractivity contribution is 9.10. The van der Waals surface area contributed by atoms with Crippen molar-refractivity contribution in [1.29, 1.82) is 0 Å². The second-order valence-corrected chi connectivity index (χ2v) is 8.08. The van der Waals surface area contributed by atoms with Gasteiger partial charge in [-0.3, -0.25) is 0 Å². The number of anilines is 1. The first kappa shape index (κ1) is 16.7. The van der Waals surface area contributed by atoms with E-state index in [1.165, 1.54) is 25.7 Å². The summed E-state index contributed by atoms with van der Waals surface area (Å²) in [4.78, 5) is -0.0257. The normalized spacial score (nSPS) is 16.5. The Hall–Kier alpha value is -0.660. The van der Waals surface area contributed by atoms with E-state index in [2.05, 4.69) is 20.7 Å². The molecule has 3 N–H and O–H groups in total. The minimum absolute atomic E-state index is 0.0257. The van der Waals surface area contributed by atoms with Gasteiger partial charge in [0, 0.05) is 11.0 Å². The van der Waals surface area contributed by atoms with Gasteiger partial charge < -0.3 is 5.73 Å². The minimum atomic E-state index is -3.67. The maximum atomic E-state index is 13.3. The van der Waals surface area contributed by atoms with Crippen LogP contribution in [0.4, 0.5) is 10.1 Å². The van der Waals surface area contributed by atoms with Gasteiger partial charge in [0.1, 0.15) is 5.82 Å². The first-order chi connectivity index (χ1) is 9.90. The molecule has 1 aromatic carbocycles. The maximum Gasteiger partial charge on any atom is 0.241 e. The third kappa shape index (κ3) is 4.40. The average Bonchev–Trinajstić information content (AvgIpc) is 2.92. The Morgan fingerprint density at radius 2 is 2.00 bits per heavy atom. The van der Waals surface area contributed by atoms with Gasteiger partial charge >= 0.3 is 0 Å². The van der Waals surface area contributed by atoms with Crippen molar-refractivity contribution in [2.45, 2.75) is 43.4 Å². The van der Waals surface area contributed by atoms with E-state index in [-0.39, 0.29) is 15.1 Å². The summed E-state index contributed by atoms with van der Waals surface area (Å²) in [6, 6.07) is 2.21. The van der Waals surface area contributed by atoms with Crippen molar-refractivity contribution in [3.63, 3.8) is 0 Å². The van der Waals surface area contributed by atoms with E-state index in [1.807, 2.05) is 0 Å². The van der Waals surface area contributed by atoms with Gasteiger partial charge in [-0.2, -0.15) is 0 Å². The number of nitrogens with two attached hydrogens (primary N) is 1. The molecule has 1 aliphatic rings. The van der Waals surface area contributed by atoms with Crippen LogP contribution >= 0.6 is 15.9 Å². The Morgan fingerprint density at radius 3 is 2.67 bits per heavy atom. The fraction of sp³-hybridized carbons (Fsp3) is 0.571. The lowest BCUT2D eigenvalue weighted by molar-refractivity contribution is 0.480. The summed E-state index contributed by atoms with van der Waals surface area (Å²) in [5.74, 6) is 0.102. The summed E-state index contributed by atoms with van der Waals surface area (Å²) in [5, 5.41) is 0. The van der Waals surface area contributed by atoms with Gasteiger partial charge in [0.2, 0.25) is 10.0 Å². The van der Waals surface area contributed by atoms with Crippen LogP contribution in [0.5, 0.6) is 0 Å². The number of nitrogen functional groups attached to an aromatic ring is 1. The fourth-order valence-corrected chi connectivity index (χ4v) is 4.85. The molecular formula is C14H20BrFN2O2S. The second kappa shape index (κ2) is 7.07. The minimum Gasteiger partial charge on any atom is -0.396 e. The molecular weight excluding hydrogens is 359 g/mol. The van der Waals surface area contributed by atoms with Crippen molar-refractivity contribution in [2.75, 3.05) is 12.3 Å². The van der Waals surface area contributed by atoms with Crippen molar-refractivity contribution in [1.82, 2.24) is 4.72 Å². The second-order valence-electron chi connectivity index (χ2n) is 5.49. The highest BCUT2D eigenvalue weighted by Gasteiger charge is 2.20. The molecule has 1 fully saturated rings. The summed E-state index contributed by atoms with van der Waals surface area (Å²) < 4.78 is 40.4. The number of hydrogen-bond donors (Lipinski definition) is 2. The molecule has 7 heteroatoms. The molecule has 118 valence electrons. The number of halogens is 2. The smallest absolute Gasteiger partial charge is 0.241 e. The van der Waals surface area contributed by atoms with E-state index in [4.69, 9.17) is 5.73 Å². The van der Waals surface area contributed by atoms with Gasteiger partial charge in [-0.1, -0.05) is 25.7 Å². The summed E-state index contributed by atoms with van der Waals surface area (Å²) >= 11 is 3.07. The van der Waals surface area contributed by atoms with Crippen LogP contribution in [-0.4, -0.2) is 15.0 Å². The number of sulfonamides is 1. The molecule has 0 bridgehead atoms. The standard InChI is InChI=1S/C14H20BrFN2O2S/c15-11-8-12(16)13(17)9-14(11)21(19,20)18-7-3-6-10-4-1-2-5-10/h8-10,18H,1-7,17H2. The first-order valence-corrected chi connectivity index (χ1v) is 9.42. The van der Waals surface area contributed by atoms with E-state index in [0.29, 0.717) is 6.54 Å². The zero-order chi connectivity index (χ0) is 15.5. The van der Waals surface area contributed by atoms with Gasteiger partial charge in [0.05, 0.1) is 10.6 Å². The molecule has 1 aromatic rings. The van der Waals surface area contributed by atoms with Crippen molar-refractivity contribution in [2.24, 2.45) is 5.92 Å². The Kier molecular flexibility index (Phi) is 5.62. The highest BCUT2D eigenvalue weighted by Crippen LogP contribution is 2.29. The molecule has 1 saturated carbocycles. The summed E-state index contributed by atoms with van der Waals surface area (Å²) in [5.41, 5.74) is 5.26. The fourth-order valence-electron chi connectivity index (χ4n) is 2.72. The zero-order valence-corrected chi connectivity index (χ0v) is 14.1. The van der Waals surface area contributed by atoms with Crippen LogP contribution in [0.3, 0.4) is 0 Å². The Balaban J connectivity index is 1.93. The number of rotatable bonds is 6. The van der Waals surface area contributed by atoms with Crippen LogP contribution in [0.2, 0.25) is 0 Å². The molecule has 0 radical (unpaired) electrons. The van der Waals surface area contributed by atoms with E-state index in [0.717, 1.165) is 30.9 Å². The van der Waals surface area contributed by atoms with E-state index >= 15 is 0 Å². The Labute approximate surface area is 133 Å². The van der Waals surface area contributed by atoms with Gasteiger partial charge in [-0.25, -0.2) is 17.5 Å². The molecule has 0 amide bonds. The monoisotopic (exact) mass is 378 g/mol. The number of hydrogen-bond acceptors (Lipinski definition) is 3. The first-order valence-electron chi connectivity index (χ1n) is 7.14. The molecule has 4 nitrogen and oxygen atoms in total. The Bertz CT molecular complexity index is 601.